The molecular formula is C19H16FN5O2. The van der Waals surface area contributed by atoms with Gasteiger partial charge in [0.15, 0.2) is 5.76 Å². The summed E-state index contributed by atoms with van der Waals surface area (Å²) in [5, 5.41) is 11.5. The Morgan fingerprint density at radius 2 is 2.00 bits per heavy atom. The van der Waals surface area contributed by atoms with Crippen LogP contribution in [0.25, 0.3) is 17.1 Å². The van der Waals surface area contributed by atoms with Crippen molar-refractivity contribution in [3.8, 4) is 17.1 Å². The SMILES string of the molecule is Cn1nc(-c2ccco2)cc1NC(=O)Cc1ccn(-c2ccc(F)cc2)n1. The topological polar surface area (TPSA) is 77.9 Å². The summed E-state index contributed by atoms with van der Waals surface area (Å²) in [7, 11) is 1.74. The van der Waals surface area contributed by atoms with Gasteiger partial charge in [0.25, 0.3) is 0 Å². The minimum Gasteiger partial charge on any atom is -0.463 e. The Hall–Kier alpha value is -3.68. The van der Waals surface area contributed by atoms with Gasteiger partial charge in [-0.25, -0.2) is 9.07 Å². The maximum atomic E-state index is 13.0. The van der Waals surface area contributed by atoms with Crippen molar-refractivity contribution in [3.63, 3.8) is 0 Å². The average Bonchev–Trinajstić information content (AvgIpc) is 3.38. The first-order valence-corrected chi connectivity index (χ1v) is 8.27. The van der Waals surface area contributed by atoms with Crippen LogP contribution in [0.5, 0.6) is 0 Å². The molecule has 0 spiro atoms. The molecule has 0 aliphatic heterocycles. The van der Waals surface area contributed by atoms with Crippen molar-refractivity contribution in [2.75, 3.05) is 5.32 Å². The number of nitrogens with zero attached hydrogens (tertiary/aromatic N) is 4. The summed E-state index contributed by atoms with van der Waals surface area (Å²) in [6.45, 7) is 0. The number of halogens is 1. The number of aryl methyl sites for hydroxylation is 1. The van der Waals surface area contributed by atoms with Crippen molar-refractivity contribution in [2.24, 2.45) is 7.05 Å². The fraction of sp³-hybridized carbons (Fsp3) is 0.105. The van der Waals surface area contributed by atoms with E-state index in [-0.39, 0.29) is 18.1 Å². The zero-order valence-electron chi connectivity index (χ0n) is 14.5. The molecule has 1 aromatic carbocycles. The Bertz CT molecular complexity index is 1060. The maximum Gasteiger partial charge on any atom is 0.231 e. The van der Waals surface area contributed by atoms with Gasteiger partial charge in [-0.1, -0.05) is 0 Å². The Morgan fingerprint density at radius 1 is 1.19 bits per heavy atom. The molecule has 4 aromatic rings. The number of rotatable bonds is 5. The number of hydrogen-bond donors (Lipinski definition) is 1. The van der Waals surface area contributed by atoms with Crippen LogP contribution in [-0.4, -0.2) is 25.5 Å². The highest BCUT2D eigenvalue weighted by molar-refractivity contribution is 5.91. The van der Waals surface area contributed by atoms with Gasteiger partial charge >= 0.3 is 0 Å². The Labute approximate surface area is 154 Å². The van der Waals surface area contributed by atoms with Gasteiger partial charge in [-0.15, -0.1) is 0 Å². The normalized spacial score (nSPS) is 10.9. The predicted molar refractivity (Wildman–Crippen MR) is 96.8 cm³/mol. The molecule has 4 rings (SSSR count). The van der Waals surface area contributed by atoms with Crippen molar-refractivity contribution in [3.05, 3.63) is 72.5 Å². The number of anilines is 1. The molecule has 3 aromatic heterocycles. The van der Waals surface area contributed by atoms with Gasteiger partial charge < -0.3 is 9.73 Å². The first kappa shape index (κ1) is 16.8. The van der Waals surface area contributed by atoms with Crippen molar-refractivity contribution >= 4 is 11.7 Å². The number of furan rings is 1. The van der Waals surface area contributed by atoms with Gasteiger partial charge in [-0.3, -0.25) is 9.48 Å². The quantitative estimate of drug-likeness (QED) is 0.589. The second-order valence-electron chi connectivity index (χ2n) is 5.97. The molecule has 3 heterocycles. The highest BCUT2D eigenvalue weighted by Gasteiger charge is 2.13. The number of amides is 1. The smallest absolute Gasteiger partial charge is 0.231 e. The fourth-order valence-electron chi connectivity index (χ4n) is 2.67. The monoisotopic (exact) mass is 365 g/mol. The van der Waals surface area contributed by atoms with Crippen molar-refractivity contribution in [1.82, 2.24) is 19.6 Å². The number of benzene rings is 1. The van der Waals surface area contributed by atoms with Crippen LogP contribution in [0, 0.1) is 5.82 Å². The second-order valence-corrected chi connectivity index (χ2v) is 5.97. The van der Waals surface area contributed by atoms with Gasteiger partial charge in [0, 0.05) is 19.3 Å². The average molecular weight is 365 g/mol. The summed E-state index contributed by atoms with van der Waals surface area (Å²) in [6, 6.07) is 13.0. The minimum absolute atomic E-state index is 0.107. The highest BCUT2D eigenvalue weighted by Crippen LogP contribution is 2.21. The summed E-state index contributed by atoms with van der Waals surface area (Å²) in [5.41, 5.74) is 1.96. The standard InChI is InChI=1S/C19H16FN5O2/c1-24-18(12-16(23-24)17-3-2-10-27-17)21-19(26)11-14-8-9-25(22-14)15-6-4-13(20)5-7-15/h2-10,12H,11H2,1H3,(H,21,26). The number of carbonyl (C=O) groups excluding carboxylic acids is 1. The summed E-state index contributed by atoms with van der Waals surface area (Å²) in [4.78, 5) is 12.3. The third-order valence-corrected chi connectivity index (χ3v) is 4.00. The first-order chi connectivity index (χ1) is 13.1. The molecular weight excluding hydrogens is 349 g/mol. The first-order valence-electron chi connectivity index (χ1n) is 8.27. The molecule has 0 saturated heterocycles. The van der Waals surface area contributed by atoms with Crippen molar-refractivity contribution < 1.29 is 13.6 Å². The van der Waals surface area contributed by atoms with E-state index in [2.05, 4.69) is 15.5 Å². The third-order valence-electron chi connectivity index (χ3n) is 4.00. The lowest BCUT2D eigenvalue weighted by Gasteiger charge is -2.04. The number of nitrogens with one attached hydrogen (secondary N) is 1. The van der Waals surface area contributed by atoms with Crippen molar-refractivity contribution in [2.45, 2.75) is 6.42 Å². The summed E-state index contributed by atoms with van der Waals surface area (Å²) in [6.07, 6.45) is 3.41. The van der Waals surface area contributed by atoms with E-state index in [4.69, 9.17) is 4.42 Å². The van der Waals surface area contributed by atoms with Crippen LogP contribution in [-0.2, 0) is 18.3 Å². The lowest BCUT2D eigenvalue weighted by atomic mass is 10.3. The predicted octanol–water partition coefficient (Wildman–Crippen LogP) is 3.19. The largest absolute Gasteiger partial charge is 0.463 e. The van der Waals surface area contributed by atoms with Gasteiger partial charge in [0.05, 0.1) is 24.1 Å². The third kappa shape index (κ3) is 3.64. The molecule has 0 radical (unpaired) electrons. The van der Waals surface area contributed by atoms with E-state index < -0.39 is 0 Å². The molecule has 7 nitrogen and oxygen atoms in total. The van der Waals surface area contributed by atoms with Crippen LogP contribution in [0.4, 0.5) is 10.2 Å². The van der Waals surface area contributed by atoms with Crippen LogP contribution >= 0.6 is 0 Å². The molecule has 1 amide bonds. The maximum absolute atomic E-state index is 13.0. The van der Waals surface area contributed by atoms with Crippen molar-refractivity contribution in [1.29, 1.82) is 0 Å². The zero-order chi connectivity index (χ0) is 18.8. The van der Waals surface area contributed by atoms with E-state index in [1.807, 2.05) is 0 Å². The molecule has 0 aliphatic carbocycles. The summed E-state index contributed by atoms with van der Waals surface area (Å²) in [5.74, 6) is 0.664. The second kappa shape index (κ2) is 6.91. The van der Waals surface area contributed by atoms with Crippen LogP contribution in [0.2, 0.25) is 0 Å². The van der Waals surface area contributed by atoms with Crippen LogP contribution in [0.15, 0.2) is 65.4 Å². The lowest BCUT2D eigenvalue weighted by molar-refractivity contribution is -0.115. The Morgan fingerprint density at radius 3 is 2.74 bits per heavy atom. The van der Waals surface area contributed by atoms with E-state index in [0.29, 0.717) is 23.0 Å². The number of carbonyl (C=O) groups is 1. The van der Waals surface area contributed by atoms with Gasteiger partial charge in [-0.05, 0) is 42.5 Å². The van der Waals surface area contributed by atoms with Crippen LogP contribution < -0.4 is 5.32 Å². The number of aromatic nitrogens is 4. The molecule has 1 N–H and O–H groups in total. The Kier molecular flexibility index (Phi) is 4.29. The fourth-order valence-corrected chi connectivity index (χ4v) is 2.67. The number of hydrogen-bond acceptors (Lipinski definition) is 4. The zero-order valence-corrected chi connectivity index (χ0v) is 14.5. The molecule has 0 fully saturated rings. The van der Waals surface area contributed by atoms with Crippen LogP contribution in [0.3, 0.4) is 0 Å². The van der Waals surface area contributed by atoms with Gasteiger partial charge in [0.1, 0.15) is 17.3 Å². The minimum atomic E-state index is -0.310. The van der Waals surface area contributed by atoms with E-state index in [1.165, 1.54) is 12.1 Å². The molecule has 136 valence electrons. The summed E-state index contributed by atoms with van der Waals surface area (Å²) >= 11 is 0. The molecule has 0 bridgehead atoms. The van der Waals surface area contributed by atoms with E-state index >= 15 is 0 Å². The van der Waals surface area contributed by atoms with E-state index in [9.17, 15) is 9.18 Å². The molecule has 8 heteroatoms. The molecule has 0 unspecified atom stereocenters. The lowest BCUT2D eigenvalue weighted by Crippen LogP contribution is -2.17. The molecule has 0 atom stereocenters. The molecule has 0 saturated carbocycles. The van der Waals surface area contributed by atoms with Gasteiger partial charge in [-0.2, -0.15) is 10.2 Å². The highest BCUT2D eigenvalue weighted by atomic mass is 19.1. The Balaban J connectivity index is 1.44. The summed E-state index contributed by atoms with van der Waals surface area (Å²) < 4.78 is 21.5. The molecule has 0 aliphatic rings. The molecule has 27 heavy (non-hydrogen) atoms. The van der Waals surface area contributed by atoms with E-state index in [1.54, 1.807) is 65.3 Å². The van der Waals surface area contributed by atoms with Crippen LogP contribution in [0.1, 0.15) is 5.69 Å². The van der Waals surface area contributed by atoms with E-state index in [0.717, 1.165) is 5.69 Å². The van der Waals surface area contributed by atoms with Gasteiger partial charge in [0.2, 0.25) is 5.91 Å².